The predicted molar refractivity (Wildman–Crippen MR) is 62.1 cm³/mol. The van der Waals surface area contributed by atoms with Crippen LogP contribution in [0.4, 0.5) is 13.2 Å². The van der Waals surface area contributed by atoms with E-state index < -0.39 is 25.3 Å². The molecule has 0 spiro atoms. The van der Waals surface area contributed by atoms with Gasteiger partial charge in [-0.2, -0.15) is 13.2 Å². The molecule has 0 fully saturated rings. The SMILES string of the molecule is OC[C@@H](O)CN(CCC(F)(F)F)[C@@H]1C=CCCC1. The van der Waals surface area contributed by atoms with Gasteiger partial charge in [0.2, 0.25) is 0 Å². The van der Waals surface area contributed by atoms with Gasteiger partial charge >= 0.3 is 6.18 Å². The molecule has 18 heavy (non-hydrogen) atoms. The first-order chi connectivity index (χ1) is 8.42. The first-order valence-electron chi connectivity index (χ1n) is 6.19. The number of hydrogen-bond donors (Lipinski definition) is 2. The van der Waals surface area contributed by atoms with Crippen LogP contribution in [-0.2, 0) is 0 Å². The standard InChI is InChI=1S/C12H20F3NO2/c13-12(14,15)6-7-16(8-11(18)9-17)10-4-2-1-3-5-10/h2,4,10-11,17-18H,1,3,5-9H2/t10-,11+/m1/s1. The molecule has 1 aliphatic carbocycles. The normalized spacial score (nSPS) is 22.4. The quantitative estimate of drug-likeness (QED) is 0.720. The number of aliphatic hydroxyl groups excluding tert-OH is 2. The van der Waals surface area contributed by atoms with Crippen molar-refractivity contribution in [3.05, 3.63) is 12.2 Å². The lowest BCUT2D eigenvalue weighted by atomic mass is 10.0. The Morgan fingerprint density at radius 1 is 1.39 bits per heavy atom. The molecule has 0 unspecified atom stereocenters. The third kappa shape index (κ3) is 5.84. The molecule has 0 amide bonds. The van der Waals surface area contributed by atoms with E-state index in [0.717, 1.165) is 19.3 Å². The fourth-order valence-electron chi connectivity index (χ4n) is 2.09. The molecule has 0 saturated heterocycles. The Hall–Kier alpha value is -0.590. The van der Waals surface area contributed by atoms with Gasteiger partial charge in [-0.15, -0.1) is 0 Å². The van der Waals surface area contributed by atoms with Crippen LogP contribution in [0.1, 0.15) is 25.7 Å². The van der Waals surface area contributed by atoms with Crippen molar-refractivity contribution in [2.45, 2.75) is 44.0 Å². The molecule has 0 radical (unpaired) electrons. The van der Waals surface area contributed by atoms with Gasteiger partial charge in [0.15, 0.2) is 0 Å². The summed E-state index contributed by atoms with van der Waals surface area (Å²) in [7, 11) is 0. The molecule has 0 aromatic carbocycles. The van der Waals surface area contributed by atoms with E-state index in [1.807, 2.05) is 12.2 Å². The maximum absolute atomic E-state index is 12.2. The molecule has 0 bridgehead atoms. The number of allylic oxidation sites excluding steroid dienone is 1. The molecule has 1 aliphatic rings. The Bertz CT molecular complexity index is 269. The summed E-state index contributed by atoms with van der Waals surface area (Å²) in [6.45, 7) is -0.504. The van der Waals surface area contributed by atoms with E-state index in [1.165, 1.54) is 0 Å². The lowest BCUT2D eigenvalue weighted by Crippen LogP contribution is -2.43. The van der Waals surface area contributed by atoms with Crippen LogP contribution in [0.5, 0.6) is 0 Å². The van der Waals surface area contributed by atoms with Crippen LogP contribution in [0.3, 0.4) is 0 Å². The highest BCUT2D eigenvalue weighted by atomic mass is 19.4. The fourth-order valence-corrected chi connectivity index (χ4v) is 2.09. The second-order valence-corrected chi connectivity index (χ2v) is 4.62. The van der Waals surface area contributed by atoms with Gasteiger partial charge in [-0.1, -0.05) is 12.2 Å². The molecule has 2 atom stereocenters. The highest BCUT2D eigenvalue weighted by molar-refractivity contribution is 4.99. The molecular formula is C12H20F3NO2. The van der Waals surface area contributed by atoms with Crippen molar-refractivity contribution >= 4 is 0 Å². The van der Waals surface area contributed by atoms with Crippen LogP contribution in [0.2, 0.25) is 0 Å². The van der Waals surface area contributed by atoms with Crippen molar-refractivity contribution < 1.29 is 23.4 Å². The minimum absolute atomic E-state index is 0.0673. The van der Waals surface area contributed by atoms with Crippen LogP contribution in [0.15, 0.2) is 12.2 Å². The lowest BCUT2D eigenvalue weighted by molar-refractivity contribution is -0.139. The molecule has 3 nitrogen and oxygen atoms in total. The summed E-state index contributed by atoms with van der Waals surface area (Å²) < 4.78 is 36.7. The molecule has 1 rings (SSSR count). The summed E-state index contributed by atoms with van der Waals surface area (Å²) in [5.41, 5.74) is 0. The van der Waals surface area contributed by atoms with Crippen LogP contribution in [-0.4, -0.2) is 53.1 Å². The highest BCUT2D eigenvalue weighted by Crippen LogP contribution is 2.23. The number of rotatable bonds is 6. The fraction of sp³-hybridized carbons (Fsp3) is 0.833. The van der Waals surface area contributed by atoms with Crippen LogP contribution in [0.25, 0.3) is 0 Å². The zero-order valence-electron chi connectivity index (χ0n) is 10.2. The topological polar surface area (TPSA) is 43.7 Å². The van der Waals surface area contributed by atoms with E-state index in [4.69, 9.17) is 5.11 Å². The van der Waals surface area contributed by atoms with Crippen molar-refractivity contribution in [3.63, 3.8) is 0 Å². The molecule has 0 heterocycles. The molecule has 0 aromatic heterocycles. The summed E-state index contributed by atoms with van der Waals surface area (Å²) >= 11 is 0. The van der Waals surface area contributed by atoms with E-state index in [0.29, 0.717) is 0 Å². The number of hydrogen-bond acceptors (Lipinski definition) is 3. The summed E-state index contributed by atoms with van der Waals surface area (Å²) in [6.07, 6.45) is 0.464. The minimum atomic E-state index is -4.19. The van der Waals surface area contributed by atoms with Crippen molar-refractivity contribution in [3.8, 4) is 0 Å². The van der Waals surface area contributed by atoms with Gasteiger partial charge in [-0.25, -0.2) is 0 Å². The Morgan fingerprint density at radius 2 is 2.11 bits per heavy atom. The van der Waals surface area contributed by atoms with Crippen molar-refractivity contribution in [2.24, 2.45) is 0 Å². The van der Waals surface area contributed by atoms with E-state index in [-0.39, 0.29) is 19.1 Å². The van der Waals surface area contributed by atoms with Crippen molar-refractivity contribution in [1.29, 1.82) is 0 Å². The van der Waals surface area contributed by atoms with Crippen LogP contribution in [0, 0.1) is 0 Å². The van der Waals surface area contributed by atoms with Gasteiger partial charge < -0.3 is 10.2 Å². The Labute approximate surface area is 105 Å². The first-order valence-corrected chi connectivity index (χ1v) is 6.19. The molecule has 106 valence electrons. The summed E-state index contributed by atoms with van der Waals surface area (Å²) in [5.74, 6) is 0. The second kappa shape index (κ2) is 7.11. The maximum atomic E-state index is 12.2. The molecule has 6 heteroatoms. The van der Waals surface area contributed by atoms with Gasteiger partial charge in [0.25, 0.3) is 0 Å². The number of aliphatic hydroxyl groups is 2. The zero-order valence-corrected chi connectivity index (χ0v) is 10.2. The molecule has 0 saturated carbocycles. The van der Waals surface area contributed by atoms with E-state index in [1.54, 1.807) is 4.90 Å². The zero-order chi connectivity index (χ0) is 13.6. The van der Waals surface area contributed by atoms with E-state index >= 15 is 0 Å². The van der Waals surface area contributed by atoms with E-state index in [2.05, 4.69) is 0 Å². The Morgan fingerprint density at radius 3 is 2.61 bits per heavy atom. The number of halogens is 3. The van der Waals surface area contributed by atoms with Gasteiger partial charge in [0, 0.05) is 19.1 Å². The number of nitrogens with zero attached hydrogens (tertiary/aromatic N) is 1. The average molecular weight is 267 g/mol. The van der Waals surface area contributed by atoms with Crippen LogP contribution >= 0.6 is 0 Å². The Balaban J connectivity index is 2.56. The largest absolute Gasteiger partial charge is 0.394 e. The molecule has 0 aliphatic heterocycles. The van der Waals surface area contributed by atoms with E-state index in [9.17, 15) is 18.3 Å². The van der Waals surface area contributed by atoms with Gasteiger partial charge in [0.1, 0.15) is 0 Å². The lowest BCUT2D eigenvalue weighted by Gasteiger charge is -2.32. The van der Waals surface area contributed by atoms with Crippen LogP contribution < -0.4 is 0 Å². The summed E-state index contributed by atoms with van der Waals surface area (Å²) in [4.78, 5) is 1.60. The van der Waals surface area contributed by atoms with Gasteiger partial charge in [-0.3, -0.25) is 4.90 Å². The third-order valence-electron chi connectivity index (χ3n) is 3.04. The van der Waals surface area contributed by atoms with Gasteiger partial charge in [0.05, 0.1) is 19.1 Å². The van der Waals surface area contributed by atoms with Gasteiger partial charge in [-0.05, 0) is 19.3 Å². The molecular weight excluding hydrogens is 247 g/mol. The van der Waals surface area contributed by atoms with Crippen molar-refractivity contribution in [1.82, 2.24) is 4.90 Å². The summed E-state index contributed by atoms with van der Waals surface area (Å²) in [5, 5.41) is 18.2. The predicted octanol–water partition coefficient (Wildman–Crippen LogP) is 1.70. The minimum Gasteiger partial charge on any atom is -0.394 e. The van der Waals surface area contributed by atoms with Crippen molar-refractivity contribution in [2.75, 3.05) is 19.7 Å². The smallest absolute Gasteiger partial charge is 0.390 e. The second-order valence-electron chi connectivity index (χ2n) is 4.62. The Kier molecular flexibility index (Phi) is 6.11. The highest BCUT2D eigenvalue weighted by Gasteiger charge is 2.30. The molecule has 2 N–H and O–H groups in total. The monoisotopic (exact) mass is 267 g/mol. The maximum Gasteiger partial charge on any atom is 0.390 e. The summed E-state index contributed by atoms with van der Waals surface area (Å²) in [6, 6.07) is -0.0673. The number of alkyl halides is 3. The average Bonchev–Trinajstić information content (AvgIpc) is 2.34. The first kappa shape index (κ1) is 15.5. The molecule has 0 aromatic rings. The third-order valence-corrected chi connectivity index (χ3v) is 3.04.